The van der Waals surface area contributed by atoms with Crippen LogP contribution in [0.1, 0.15) is 70.3 Å². The zero-order chi connectivity index (χ0) is 20.5. The van der Waals surface area contributed by atoms with Crippen molar-refractivity contribution in [3.05, 3.63) is 35.5 Å². The number of nitrogens with zero attached hydrogens (tertiary/aromatic N) is 1. The summed E-state index contributed by atoms with van der Waals surface area (Å²) in [5, 5.41) is 8.42. The Bertz CT molecular complexity index is 858. The van der Waals surface area contributed by atoms with Crippen LogP contribution < -0.4 is 10.6 Å². The Labute approximate surface area is 168 Å². The van der Waals surface area contributed by atoms with Crippen molar-refractivity contribution in [3.63, 3.8) is 0 Å². The van der Waals surface area contributed by atoms with Gasteiger partial charge in [0.1, 0.15) is 5.56 Å². The van der Waals surface area contributed by atoms with Crippen LogP contribution in [0.25, 0.3) is 10.9 Å². The molecular weight excluding hydrogens is 350 g/mol. The number of nitrogens with one attached hydrogen (secondary N) is 2. The standard InChI is InChI=1S/C23H33N3O2/c1-7-15-10-9-11-17-19(15)24-14-18(21(27)28-8-2)20(17)25-16-12-22(3,4)26-23(5,6)13-16/h9-11,14,16,26H,7-8,12-13H2,1-6H3,(H,24,25). The van der Waals surface area contributed by atoms with E-state index in [0.717, 1.165) is 35.9 Å². The largest absolute Gasteiger partial charge is 0.462 e. The molecule has 0 radical (unpaired) electrons. The second-order valence-electron chi connectivity index (χ2n) is 9.08. The van der Waals surface area contributed by atoms with Crippen LogP contribution in [0.15, 0.2) is 24.4 Å². The molecule has 2 heterocycles. The highest BCUT2D eigenvalue weighted by molar-refractivity contribution is 6.05. The molecule has 1 aliphatic heterocycles. The molecule has 1 saturated heterocycles. The van der Waals surface area contributed by atoms with Gasteiger partial charge in [-0.05, 0) is 59.4 Å². The number of anilines is 1. The SMILES string of the molecule is CCOC(=O)c1cnc2c(CC)cccc2c1NC1CC(C)(C)NC(C)(C)C1. The number of rotatable bonds is 5. The van der Waals surface area contributed by atoms with Crippen LogP contribution in [0.4, 0.5) is 5.69 Å². The van der Waals surface area contributed by atoms with E-state index in [-0.39, 0.29) is 23.1 Å². The molecule has 0 aliphatic carbocycles. The number of carbonyl (C=O) groups excluding carboxylic acids is 1. The number of esters is 1. The number of aryl methyl sites for hydroxylation is 1. The van der Waals surface area contributed by atoms with Gasteiger partial charge in [-0.15, -0.1) is 0 Å². The molecule has 0 atom stereocenters. The first-order valence-electron chi connectivity index (χ1n) is 10.3. The van der Waals surface area contributed by atoms with Gasteiger partial charge in [-0.3, -0.25) is 4.98 Å². The molecule has 3 rings (SSSR count). The van der Waals surface area contributed by atoms with Gasteiger partial charge in [-0.1, -0.05) is 25.1 Å². The van der Waals surface area contributed by atoms with Gasteiger partial charge in [0, 0.05) is 28.7 Å². The third-order valence-electron chi connectivity index (χ3n) is 5.40. The summed E-state index contributed by atoms with van der Waals surface area (Å²) in [5.74, 6) is -0.325. The van der Waals surface area contributed by atoms with Crippen molar-refractivity contribution in [2.24, 2.45) is 0 Å². The van der Waals surface area contributed by atoms with E-state index in [1.807, 2.05) is 19.1 Å². The Morgan fingerprint density at radius 3 is 2.50 bits per heavy atom. The van der Waals surface area contributed by atoms with Crippen LogP contribution in [0, 0.1) is 0 Å². The van der Waals surface area contributed by atoms with E-state index in [1.165, 1.54) is 5.56 Å². The summed E-state index contributed by atoms with van der Waals surface area (Å²) in [5.41, 5.74) is 3.52. The summed E-state index contributed by atoms with van der Waals surface area (Å²) < 4.78 is 5.31. The van der Waals surface area contributed by atoms with Gasteiger partial charge in [-0.25, -0.2) is 4.79 Å². The molecule has 2 aromatic rings. The van der Waals surface area contributed by atoms with Crippen molar-refractivity contribution in [1.29, 1.82) is 0 Å². The molecule has 5 heteroatoms. The van der Waals surface area contributed by atoms with E-state index >= 15 is 0 Å². The quantitative estimate of drug-likeness (QED) is 0.733. The molecule has 1 aromatic carbocycles. The van der Waals surface area contributed by atoms with Crippen LogP contribution in [-0.2, 0) is 11.2 Å². The minimum atomic E-state index is -0.325. The van der Waals surface area contributed by atoms with E-state index < -0.39 is 0 Å². The first kappa shape index (κ1) is 20.6. The van der Waals surface area contributed by atoms with Gasteiger partial charge in [-0.2, -0.15) is 0 Å². The number of aromatic nitrogens is 1. The summed E-state index contributed by atoms with van der Waals surface area (Å²) in [7, 11) is 0. The van der Waals surface area contributed by atoms with Crippen LogP contribution in [0.3, 0.4) is 0 Å². The summed E-state index contributed by atoms with van der Waals surface area (Å²) in [6.07, 6.45) is 4.50. The Hall–Kier alpha value is -2.14. The van der Waals surface area contributed by atoms with Gasteiger partial charge < -0.3 is 15.4 Å². The molecule has 2 N–H and O–H groups in total. The molecule has 1 fully saturated rings. The normalized spacial score (nSPS) is 18.8. The first-order valence-corrected chi connectivity index (χ1v) is 10.3. The number of carbonyl (C=O) groups is 1. The van der Waals surface area contributed by atoms with Crippen LogP contribution in [0.5, 0.6) is 0 Å². The summed E-state index contributed by atoms with van der Waals surface area (Å²) in [6, 6.07) is 6.43. The number of pyridine rings is 1. The van der Waals surface area contributed by atoms with Crippen molar-refractivity contribution in [3.8, 4) is 0 Å². The lowest BCUT2D eigenvalue weighted by molar-refractivity contribution is 0.0527. The maximum absolute atomic E-state index is 12.6. The van der Waals surface area contributed by atoms with Crippen molar-refractivity contribution >= 4 is 22.6 Å². The van der Waals surface area contributed by atoms with Crippen LogP contribution in [-0.4, -0.2) is 34.7 Å². The maximum atomic E-state index is 12.6. The van der Waals surface area contributed by atoms with Gasteiger partial charge in [0.15, 0.2) is 0 Å². The predicted molar refractivity (Wildman–Crippen MR) is 115 cm³/mol. The Kier molecular flexibility index (Phi) is 5.67. The average molecular weight is 384 g/mol. The fourth-order valence-corrected chi connectivity index (χ4v) is 4.72. The second-order valence-corrected chi connectivity index (χ2v) is 9.08. The topological polar surface area (TPSA) is 63.2 Å². The minimum Gasteiger partial charge on any atom is -0.462 e. The monoisotopic (exact) mass is 383 g/mol. The van der Waals surface area contributed by atoms with Crippen molar-refractivity contribution in [2.45, 2.75) is 77.9 Å². The third-order valence-corrected chi connectivity index (χ3v) is 5.40. The zero-order valence-corrected chi connectivity index (χ0v) is 18.0. The molecule has 1 aliphatic rings. The van der Waals surface area contributed by atoms with Crippen molar-refractivity contribution in [2.75, 3.05) is 11.9 Å². The Morgan fingerprint density at radius 1 is 1.21 bits per heavy atom. The zero-order valence-electron chi connectivity index (χ0n) is 18.0. The molecule has 1 aromatic heterocycles. The summed E-state index contributed by atoms with van der Waals surface area (Å²) in [4.78, 5) is 17.3. The van der Waals surface area contributed by atoms with E-state index in [9.17, 15) is 4.79 Å². The fraction of sp³-hybridized carbons (Fsp3) is 0.565. The molecule has 0 amide bonds. The molecule has 0 spiro atoms. The number of benzene rings is 1. The predicted octanol–water partition coefficient (Wildman–Crippen LogP) is 4.70. The molecule has 0 unspecified atom stereocenters. The lowest BCUT2D eigenvalue weighted by Gasteiger charge is -2.47. The number of ether oxygens (including phenoxy) is 1. The number of fused-ring (bicyclic) bond motifs is 1. The maximum Gasteiger partial charge on any atom is 0.341 e. The number of hydrogen-bond acceptors (Lipinski definition) is 5. The highest BCUT2D eigenvalue weighted by atomic mass is 16.5. The van der Waals surface area contributed by atoms with Gasteiger partial charge in [0.2, 0.25) is 0 Å². The highest BCUT2D eigenvalue weighted by Crippen LogP contribution is 2.34. The van der Waals surface area contributed by atoms with Crippen LogP contribution >= 0.6 is 0 Å². The lowest BCUT2D eigenvalue weighted by atomic mass is 9.79. The van der Waals surface area contributed by atoms with Crippen molar-refractivity contribution < 1.29 is 9.53 Å². The lowest BCUT2D eigenvalue weighted by Crippen LogP contribution is -2.60. The van der Waals surface area contributed by atoms with Gasteiger partial charge >= 0.3 is 5.97 Å². The molecule has 0 bridgehead atoms. The third kappa shape index (κ3) is 4.30. The smallest absolute Gasteiger partial charge is 0.341 e. The number of piperidine rings is 1. The molecular formula is C23H33N3O2. The Balaban J connectivity index is 2.08. The molecule has 152 valence electrons. The molecule has 28 heavy (non-hydrogen) atoms. The first-order chi connectivity index (χ1) is 13.2. The van der Waals surface area contributed by atoms with E-state index in [2.05, 4.69) is 56.3 Å². The molecule has 5 nitrogen and oxygen atoms in total. The number of para-hydroxylation sites is 1. The fourth-order valence-electron chi connectivity index (χ4n) is 4.72. The Morgan fingerprint density at radius 2 is 1.89 bits per heavy atom. The van der Waals surface area contributed by atoms with E-state index in [0.29, 0.717) is 12.2 Å². The average Bonchev–Trinajstić information content (AvgIpc) is 2.58. The second kappa shape index (κ2) is 7.70. The van der Waals surface area contributed by atoms with Gasteiger partial charge in [0.25, 0.3) is 0 Å². The van der Waals surface area contributed by atoms with Gasteiger partial charge in [0.05, 0.1) is 17.8 Å². The minimum absolute atomic E-state index is 0.0148. The van der Waals surface area contributed by atoms with Crippen molar-refractivity contribution in [1.82, 2.24) is 10.3 Å². The summed E-state index contributed by atoms with van der Waals surface area (Å²) in [6.45, 7) is 13.2. The molecule has 0 saturated carbocycles. The van der Waals surface area contributed by atoms with Crippen LogP contribution in [0.2, 0.25) is 0 Å². The highest BCUT2D eigenvalue weighted by Gasteiger charge is 2.38. The number of hydrogen-bond donors (Lipinski definition) is 2. The van der Waals surface area contributed by atoms with E-state index in [1.54, 1.807) is 6.20 Å². The summed E-state index contributed by atoms with van der Waals surface area (Å²) >= 11 is 0. The van der Waals surface area contributed by atoms with E-state index in [4.69, 9.17) is 4.74 Å².